The maximum absolute atomic E-state index is 13.2. The summed E-state index contributed by atoms with van der Waals surface area (Å²) in [5, 5.41) is 10.2. The van der Waals surface area contributed by atoms with Gasteiger partial charge in [-0.2, -0.15) is 5.10 Å². The number of nitrogens with zero attached hydrogens (tertiary/aromatic N) is 5. The number of thiazole rings is 1. The molecule has 0 aliphatic carbocycles. The molecule has 5 rings (SSSR count). The molecular formula is C26H33N7O3S. The Hall–Kier alpha value is -3.83. The Morgan fingerprint density at radius 3 is 2.78 bits per heavy atom. The molecule has 0 saturated carbocycles. The van der Waals surface area contributed by atoms with Crippen LogP contribution in [0, 0.1) is 12.3 Å². The van der Waals surface area contributed by atoms with Gasteiger partial charge in [0.1, 0.15) is 4.83 Å². The summed E-state index contributed by atoms with van der Waals surface area (Å²) in [6.45, 7) is 9.70. The second-order valence-electron chi connectivity index (χ2n) is 9.91. The molecule has 1 aliphatic heterocycles. The number of amides is 2. The summed E-state index contributed by atoms with van der Waals surface area (Å²) >= 11 is 1.42. The Kier molecular flexibility index (Phi) is 6.65. The van der Waals surface area contributed by atoms with Gasteiger partial charge in [0.15, 0.2) is 0 Å². The first-order valence-electron chi connectivity index (χ1n) is 12.0. The molecule has 0 spiro atoms. The lowest BCUT2D eigenvalue weighted by Gasteiger charge is -2.45. The number of ether oxygens (including phenoxy) is 1. The van der Waals surface area contributed by atoms with Crippen LogP contribution in [0.15, 0.2) is 43.0 Å². The van der Waals surface area contributed by atoms with Crippen LogP contribution in [0.4, 0.5) is 5.69 Å². The van der Waals surface area contributed by atoms with E-state index in [1.54, 1.807) is 30.8 Å². The lowest BCUT2D eigenvalue weighted by atomic mass is 9.84. The Morgan fingerprint density at radius 2 is 2.03 bits per heavy atom. The van der Waals surface area contributed by atoms with Crippen LogP contribution in [-0.4, -0.2) is 69.6 Å². The van der Waals surface area contributed by atoms with Gasteiger partial charge in [0.25, 0.3) is 11.8 Å². The van der Waals surface area contributed by atoms with Crippen LogP contribution in [0.1, 0.15) is 43.1 Å². The molecular weight excluding hydrogens is 490 g/mol. The third kappa shape index (κ3) is 5.18. The number of aryl methyl sites for hydroxylation is 1. The standard InChI is InChI=1S/C26H29N7O3S.2H2/c1-16-20(10-17(11-29-16)22(34)27-8-9-32-14-26(2,3)15-32)31-23(35)19-12-30-33-13-21(37-25(19)33)18-6-5-7-28-24(18)36-4;;/h5-7,10-13H,8-9,14-15H2,1-4H3,(H,27,34)(H,31,35);2*1H. The maximum atomic E-state index is 13.2. The number of hydrogen-bond donors (Lipinski definition) is 2. The molecule has 1 saturated heterocycles. The first kappa shape index (κ1) is 24.8. The molecule has 10 nitrogen and oxygen atoms in total. The Morgan fingerprint density at radius 1 is 1.22 bits per heavy atom. The van der Waals surface area contributed by atoms with Crippen LogP contribution in [0.25, 0.3) is 15.3 Å². The molecule has 0 radical (unpaired) electrons. The van der Waals surface area contributed by atoms with Crippen LogP contribution in [0.2, 0.25) is 0 Å². The van der Waals surface area contributed by atoms with Crippen LogP contribution in [-0.2, 0) is 0 Å². The predicted octanol–water partition coefficient (Wildman–Crippen LogP) is 3.99. The number of carbonyl (C=O) groups is 2. The molecule has 1 fully saturated rings. The number of fused-ring (bicyclic) bond motifs is 1. The maximum Gasteiger partial charge on any atom is 0.260 e. The van der Waals surface area contributed by atoms with Crippen LogP contribution < -0.4 is 15.4 Å². The van der Waals surface area contributed by atoms with E-state index < -0.39 is 0 Å². The van der Waals surface area contributed by atoms with E-state index in [4.69, 9.17) is 4.74 Å². The summed E-state index contributed by atoms with van der Waals surface area (Å²) in [4.78, 5) is 38.3. The summed E-state index contributed by atoms with van der Waals surface area (Å²) in [7, 11) is 1.57. The van der Waals surface area contributed by atoms with Gasteiger partial charge < -0.3 is 20.3 Å². The highest BCUT2D eigenvalue weighted by molar-refractivity contribution is 7.21. The quantitative estimate of drug-likeness (QED) is 0.359. The smallest absolute Gasteiger partial charge is 0.260 e. The third-order valence-electron chi connectivity index (χ3n) is 6.28. The minimum Gasteiger partial charge on any atom is -0.481 e. The molecule has 5 heterocycles. The Bertz CT molecular complexity index is 1480. The van der Waals surface area contributed by atoms with E-state index in [1.807, 2.05) is 18.3 Å². The molecule has 0 aromatic carbocycles. The van der Waals surface area contributed by atoms with Gasteiger partial charge in [-0.3, -0.25) is 14.6 Å². The number of rotatable bonds is 8. The Labute approximate surface area is 221 Å². The number of likely N-dealkylation sites (tertiary alicyclic amines) is 1. The normalized spacial score (nSPS) is 14.8. The molecule has 1 aliphatic rings. The van der Waals surface area contributed by atoms with Gasteiger partial charge in [-0.25, -0.2) is 9.50 Å². The average Bonchev–Trinajstić information content (AvgIpc) is 3.45. The number of methoxy groups -OCH3 is 1. The van der Waals surface area contributed by atoms with Crippen molar-refractivity contribution in [2.45, 2.75) is 20.8 Å². The summed E-state index contributed by atoms with van der Waals surface area (Å²) in [5.41, 5.74) is 3.09. The minimum absolute atomic E-state index is 0. The number of pyridine rings is 2. The van der Waals surface area contributed by atoms with Gasteiger partial charge in [-0.05, 0) is 30.5 Å². The van der Waals surface area contributed by atoms with Crippen LogP contribution >= 0.6 is 11.3 Å². The van der Waals surface area contributed by atoms with E-state index in [9.17, 15) is 9.59 Å². The number of nitrogens with one attached hydrogen (secondary N) is 2. The number of anilines is 1. The van der Waals surface area contributed by atoms with Crippen LogP contribution in [0.3, 0.4) is 0 Å². The molecule has 2 amide bonds. The van der Waals surface area contributed by atoms with Gasteiger partial charge in [0.2, 0.25) is 5.88 Å². The third-order valence-corrected chi connectivity index (χ3v) is 7.43. The largest absolute Gasteiger partial charge is 0.481 e. The number of hydrogen-bond acceptors (Lipinski definition) is 8. The van der Waals surface area contributed by atoms with Crippen molar-refractivity contribution in [2.75, 3.05) is 38.6 Å². The number of carbonyl (C=O) groups excluding carboxylic acids is 2. The minimum atomic E-state index is -0.329. The van der Waals surface area contributed by atoms with Crippen molar-refractivity contribution in [3.05, 3.63) is 59.8 Å². The van der Waals surface area contributed by atoms with Crippen molar-refractivity contribution >= 4 is 33.7 Å². The highest BCUT2D eigenvalue weighted by Crippen LogP contribution is 2.35. The number of aromatic nitrogens is 4. The fourth-order valence-corrected chi connectivity index (χ4v) is 5.61. The highest BCUT2D eigenvalue weighted by Gasteiger charge is 2.33. The second kappa shape index (κ2) is 9.91. The average molecular weight is 524 g/mol. The summed E-state index contributed by atoms with van der Waals surface area (Å²) in [5.74, 6) is -0.0445. The molecule has 2 N–H and O–H groups in total. The zero-order valence-corrected chi connectivity index (χ0v) is 22.1. The van der Waals surface area contributed by atoms with Crippen molar-refractivity contribution < 1.29 is 17.2 Å². The van der Waals surface area contributed by atoms with Gasteiger partial charge in [-0.15, -0.1) is 11.3 Å². The van der Waals surface area contributed by atoms with E-state index >= 15 is 0 Å². The first-order chi connectivity index (χ1) is 17.7. The van der Waals surface area contributed by atoms with Crippen molar-refractivity contribution in [3.8, 4) is 16.3 Å². The monoisotopic (exact) mass is 523 g/mol. The zero-order valence-electron chi connectivity index (χ0n) is 21.2. The van der Waals surface area contributed by atoms with E-state index in [0.717, 1.165) is 30.1 Å². The fourth-order valence-electron chi connectivity index (χ4n) is 4.53. The molecule has 0 unspecified atom stereocenters. The van der Waals surface area contributed by atoms with E-state index in [1.165, 1.54) is 23.7 Å². The summed E-state index contributed by atoms with van der Waals surface area (Å²) in [6, 6.07) is 5.40. The van der Waals surface area contributed by atoms with Gasteiger partial charge in [0.05, 0.1) is 46.3 Å². The van der Waals surface area contributed by atoms with E-state index in [2.05, 4.69) is 44.4 Å². The molecule has 37 heavy (non-hydrogen) atoms. The molecule has 11 heteroatoms. The molecule has 4 aromatic rings. The first-order valence-corrected chi connectivity index (χ1v) is 12.8. The molecule has 0 bridgehead atoms. The highest BCUT2D eigenvalue weighted by atomic mass is 32.1. The Balaban J connectivity index is 0.00000210. The van der Waals surface area contributed by atoms with E-state index in [0.29, 0.717) is 45.2 Å². The fraction of sp³-hybridized carbons (Fsp3) is 0.346. The predicted molar refractivity (Wildman–Crippen MR) is 147 cm³/mol. The lowest BCUT2D eigenvalue weighted by molar-refractivity contribution is 0.0323. The molecule has 4 aromatic heterocycles. The topological polar surface area (TPSA) is 114 Å². The lowest BCUT2D eigenvalue weighted by Crippen LogP contribution is -2.54. The van der Waals surface area contributed by atoms with Crippen molar-refractivity contribution in [2.24, 2.45) is 5.41 Å². The molecule has 0 atom stereocenters. The van der Waals surface area contributed by atoms with Gasteiger partial charge in [-0.1, -0.05) is 13.8 Å². The SMILES string of the molecule is COc1ncccc1-c1cn2ncc(C(=O)Nc3cc(C(=O)NCCN4CC(C)(C)C4)cnc3C)c2s1.[HH].[HH]. The van der Waals surface area contributed by atoms with Gasteiger partial charge >= 0.3 is 0 Å². The van der Waals surface area contributed by atoms with Crippen LogP contribution in [0.5, 0.6) is 5.88 Å². The second-order valence-corrected chi connectivity index (χ2v) is 10.9. The van der Waals surface area contributed by atoms with E-state index in [-0.39, 0.29) is 14.7 Å². The van der Waals surface area contributed by atoms with Crippen molar-refractivity contribution in [3.63, 3.8) is 0 Å². The van der Waals surface area contributed by atoms with Crippen molar-refractivity contribution in [1.82, 2.24) is 29.8 Å². The summed E-state index contributed by atoms with van der Waals surface area (Å²) < 4.78 is 7.03. The van der Waals surface area contributed by atoms with Crippen molar-refractivity contribution in [1.29, 1.82) is 0 Å². The molecule has 196 valence electrons. The summed E-state index contributed by atoms with van der Waals surface area (Å²) in [6.07, 6.45) is 6.56. The zero-order chi connectivity index (χ0) is 26.2. The van der Waals surface area contributed by atoms with Gasteiger partial charge in [0, 0.05) is 47.6 Å².